The summed E-state index contributed by atoms with van der Waals surface area (Å²) in [4.78, 5) is 17.6. The molecule has 0 atom stereocenters. The second-order valence-corrected chi connectivity index (χ2v) is 5.61. The minimum Gasteiger partial charge on any atom is -0.496 e. The average Bonchev–Trinajstić information content (AvgIpc) is 3.29. The molecule has 2 aromatic heterocycles. The molecular weight excluding hydrogens is 320 g/mol. The number of pyridine rings is 1. The number of nitrogen functional groups attached to an aromatic ring is 1. The Balaban J connectivity index is 1.86. The van der Waals surface area contributed by atoms with Crippen molar-refractivity contribution in [1.82, 2.24) is 14.8 Å². The van der Waals surface area contributed by atoms with Gasteiger partial charge in [-0.2, -0.15) is 4.68 Å². The minimum absolute atomic E-state index is 0.258. The fourth-order valence-electron chi connectivity index (χ4n) is 2.84. The van der Waals surface area contributed by atoms with Crippen LogP contribution in [0.3, 0.4) is 0 Å². The molecule has 3 heterocycles. The second kappa shape index (κ2) is 6.03. The fourth-order valence-corrected chi connectivity index (χ4v) is 2.84. The monoisotopic (exact) mass is 336 g/mol. The van der Waals surface area contributed by atoms with E-state index in [9.17, 15) is 4.79 Å². The summed E-state index contributed by atoms with van der Waals surface area (Å²) in [5.74, 6) is 0.382. The summed E-state index contributed by atoms with van der Waals surface area (Å²) in [6.07, 6.45) is 1.97. The van der Waals surface area contributed by atoms with Crippen molar-refractivity contribution in [3.63, 3.8) is 0 Å². The van der Waals surface area contributed by atoms with Gasteiger partial charge in [-0.05, 0) is 24.3 Å². The highest BCUT2D eigenvalue weighted by Gasteiger charge is 2.21. The standard InChI is InChI=1S/C18H16N4O3/c1-24-15-5-3-2-4-12(15)18(23)22-17-13(16(19)21-22)6-7-14(20-17)11-8-9-25-10-11/h2-8H,9-10H2,1H3,(H2,19,21). The van der Waals surface area contributed by atoms with Crippen LogP contribution in [0, 0.1) is 0 Å². The number of nitrogens with two attached hydrogens (primary N) is 1. The third-order valence-electron chi connectivity index (χ3n) is 4.12. The Kier molecular flexibility index (Phi) is 3.70. The lowest BCUT2D eigenvalue weighted by Gasteiger charge is -2.08. The van der Waals surface area contributed by atoms with Gasteiger partial charge in [-0.1, -0.05) is 18.2 Å². The summed E-state index contributed by atoms with van der Waals surface area (Å²) in [5.41, 5.74) is 8.51. The number of nitrogens with zero attached hydrogens (tertiary/aromatic N) is 3. The van der Waals surface area contributed by atoms with Crippen LogP contribution in [0.25, 0.3) is 16.6 Å². The van der Waals surface area contributed by atoms with E-state index in [0.717, 1.165) is 11.3 Å². The minimum atomic E-state index is -0.347. The van der Waals surface area contributed by atoms with Gasteiger partial charge < -0.3 is 15.2 Å². The van der Waals surface area contributed by atoms with E-state index in [4.69, 9.17) is 15.2 Å². The first-order chi connectivity index (χ1) is 12.2. The Bertz CT molecular complexity index is 1010. The molecule has 3 aromatic rings. The summed E-state index contributed by atoms with van der Waals surface area (Å²) in [7, 11) is 1.52. The van der Waals surface area contributed by atoms with Crippen molar-refractivity contribution in [1.29, 1.82) is 0 Å². The molecule has 7 heteroatoms. The molecule has 1 aliphatic rings. The largest absolute Gasteiger partial charge is 0.496 e. The van der Waals surface area contributed by atoms with E-state index in [1.165, 1.54) is 11.8 Å². The molecule has 1 aromatic carbocycles. The van der Waals surface area contributed by atoms with Crippen LogP contribution in [0.5, 0.6) is 5.75 Å². The lowest BCUT2D eigenvalue weighted by Crippen LogP contribution is -2.15. The second-order valence-electron chi connectivity index (χ2n) is 5.61. The van der Waals surface area contributed by atoms with Gasteiger partial charge in [0.15, 0.2) is 11.5 Å². The Hall–Kier alpha value is -3.19. The van der Waals surface area contributed by atoms with Crippen LogP contribution < -0.4 is 10.5 Å². The Morgan fingerprint density at radius 2 is 2.12 bits per heavy atom. The van der Waals surface area contributed by atoms with E-state index in [2.05, 4.69) is 10.1 Å². The molecule has 0 fully saturated rings. The number of fused-ring (bicyclic) bond motifs is 1. The number of para-hydroxylation sites is 1. The lowest BCUT2D eigenvalue weighted by molar-refractivity contribution is 0.0947. The van der Waals surface area contributed by atoms with E-state index in [0.29, 0.717) is 35.6 Å². The molecule has 4 rings (SSSR count). The maximum atomic E-state index is 13.0. The highest BCUT2D eigenvalue weighted by Crippen LogP contribution is 2.26. The van der Waals surface area contributed by atoms with E-state index < -0.39 is 0 Å². The number of methoxy groups -OCH3 is 1. The van der Waals surface area contributed by atoms with Crippen LogP contribution in [0.1, 0.15) is 16.1 Å². The number of anilines is 1. The van der Waals surface area contributed by atoms with Crippen molar-refractivity contribution >= 4 is 28.3 Å². The van der Waals surface area contributed by atoms with Crippen molar-refractivity contribution in [2.24, 2.45) is 0 Å². The van der Waals surface area contributed by atoms with Gasteiger partial charge >= 0.3 is 0 Å². The first-order valence-electron chi connectivity index (χ1n) is 7.79. The normalized spacial score (nSPS) is 13.9. The van der Waals surface area contributed by atoms with E-state index in [1.54, 1.807) is 24.3 Å². The third-order valence-corrected chi connectivity index (χ3v) is 4.12. The third kappa shape index (κ3) is 2.54. The number of benzene rings is 1. The molecular formula is C18H16N4O3. The molecule has 0 saturated heterocycles. The molecule has 0 spiro atoms. The van der Waals surface area contributed by atoms with Gasteiger partial charge in [-0.25, -0.2) is 4.98 Å². The summed E-state index contributed by atoms with van der Waals surface area (Å²) < 4.78 is 11.8. The van der Waals surface area contributed by atoms with Crippen molar-refractivity contribution in [2.75, 3.05) is 26.1 Å². The van der Waals surface area contributed by atoms with Gasteiger partial charge in [0, 0.05) is 5.57 Å². The Morgan fingerprint density at radius 3 is 2.88 bits per heavy atom. The summed E-state index contributed by atoms with van der Waals surface area (Å²) in [5, 5.41) is 4.82. The zero-order valence-electron chi connectivity index (χ0n) is 13.6. The van der Waals surface area contributed by atoms with Gasteiger partial charge in [0.2, 0.25) is 0 Å². The number of aromatic nitrogens is 3. The van der Waals surface area contributed by atoms with Crippen molar-refractivity contribution in [2.45, 2.75) is 0 Å². The summed E-state index contributed by atoms with van der Waals surface area (Å²) in [6, 6.07) is 10.7. The molecule has 1 aliphatic heterocycles. The first-order valence-corrected chi connectivity index (χ1v) is 7.79. The lowest BCUT2D eigenvalue weighted by atomic mass is 10.1. The molecule has 25 heavy (non-hydrogen) atoms. The predicted molar refractivity (Wildman–Crippen MR) is 93.5 cm³/mol. The molecule has 0 aliphatic carbocycles. The van der Waals surface area contributed by atoms with Crippen LogP contribution in [-0.4, -0.2) is 41.0 Å². The molecule has 126 valence electrons. The molecule has 0 radical (unpaired) electrons. The quantitative estimate of drug-likeness (QED) is 0.787. The van der Waals surface area contributed by atoms with Gasteiger partial charge in [-0.15, -0.1) is 5.10 Å². The summed E-state index contributed by atoms with van der Waals surface area (Å²) >= 11 is 0. The van der Waals surface area contributed by atoms with Crippen LogP contribution in [0.4, 0.5) is 5.82 Å². The molecule has 0 amide bonds. The van der Waals surface area contributed by atoms with E-state index in [1.807, 2.05) is 18.2 Å². The molecule has 0 bridgehead atoms. The smallest absolute Gasteiger partial charge is 0.283 e. The van der Waals surface area contributed by atoms with Gasteiger partial charge in [0.1, 0.15) is 5.75 Å². The zero-order chi connectivity index (χ0) is 17.4. The van der Waals surface area contributed by atoms with Crippen molar-refractivity contribution in [3.8, 4) is 5.75 Å². The number of ether oxygens (including phenoxy) is 2. The van der Waals surface area contributed by atoms with Crippen molar-refractivity contribution < 1.29 is 14.3 Å². The zero-order valence-corrected chi connectivity index (χ0v) is 13.6. The topological polar surface area (TPSA) is 92.3 Å². The first kappa shape index (κ1) is 15.3. The highest BCUT2D eigenvalue weighted by molar-refractivity contribution is 6.04. The van der Waals surface area contributed by atoms with Crippen LogP contribution in [0.2, 0.25) is 0 Å². The maximum Gasteiger partial charge on any atom is 0.283 e. The number of hydrogen-bond acceptors (Lipinski definition) is 6. The number of carbonyl (C=O) groups is 1. The Labute approximate surface area is 143 Å². The molecule has 2 N–H and O–H groups in total. The SMILES string of the molecule is COc1ccccc1C(=O)n1nc(N)c2ccc(C3=CCOC3)nc21. The predicted octanol–water partition coefficient (Wildman–Crippen LogP) is 2.12. The van der Waals surface area contributed by atoms with E-state index >= 15 is 0 Å². The average molecular weight is 336 g/mol. The Morgan fingerprint density at radius 1 is 1.28 bits per heavy atom. The van der Waals surface area contributed by atoms with E-state index in [-0.39, 0.29) is 11.7 Å². The number of rotatable bonds is 3. The van der Waals surface area contributed by atoms with Gasteiger partial charge in [-0.3, -0.25) is 4.79 Å². The van der Waals surface area contributed by atoms with Gasteiger partial charge in [0.05, 0.1) is 37.0 Å². The maximum absolute atomic E-state index is 13.0. The van der Waals surface area contributed by atoms with Crippen LogP contribution in [-0.2, 0) is 4.74 Å². The number of carbonyl (C=O) groups excluding carboxylic acids is 1. The molecule has 0 saturated carbocycles. The molecule has 0 unspecified atom stereocenters. The van der Waals surface area contributed by atoms with Crippen LogP contribution in [0.15, 0.2) is 42.5 Å². The van der Waals surface area contributed by atoms with Crippen LogP contribution >= 0.6 is 0 Å². The summed E-state index contributed by atoms with van der Waals surface area (Å²) in [6.45, 7) is 1.07. The fraction of sp³-hybridized carbons (Fsp3) is 0.167. The highest BCUT2D eigenvalue weighted by atomic mass is 16.5. The molecule has 7 nitrogen and oxygen atoms in total. The number of hydrogen-bond donors (Lipinski definition) is 1. The van der Waals surface area contributed by atoms with Gasteiger partial charge in [0.25, 0.3) is 5.91 Å². The van der Waals surface area contributed by atoms with Crippen molar-refractivity contribution in [3.05, 3.63) is 53.7 Å².